The number of aryl methyl sites for hydroxylation is 1. The molecule has 0 spiro atoms. The van der Waals surface area contributed by atoms with Crippen LogP contribution < -0.4 is 5.32 Å². The molecule has 2 aromatic carbocycles. The minimum atomic E-state index is -0.637. The summed E-state index contributed by atoms with van der Waals surface area (Å²) in [4.78, 5) is 0. The van der Waals surface area contributed by atoms with Crippen molar-refractivity contribution in [3.63, 3.8) is 0 Å². The summed E-state index contributed by atoms with van der Waals surface area (Å²) in [5.74, 6) is -0.278. The molecule has 3 heteroatoms. The van der Waals surface area contributed by atoms with Gasteiger partial charge in [0.2, 0.25) is 0 Å². The number of halogens is 1. The normalized spacial score (nSPS) is 13.9. The van der Waals surface area contributed by atoms with Gasteiger partial charge in [-0.1, -0.05) is 24.3 Å². The summed E-state index contributed by atoms with van der Waals surface area (Å²) >= 11 is 0. The van der Waals surface area contributed by atoms with Crippen molar-refractivity contribution in [2.24, 2.45) is 0 Å². The molecule has 1 unspecified atom stereocenters. The highest BCUT2D eigenvalue weighted by Crippen LogP contribution is 2.26. The van der Waals surface area contributed by atoms with Crippen LogP contribution in [0.1, 0.15) is 18.1 Å². The lowest BCUT2D eigenvalue weighted by Crippen LogP contribution is -2.35. The van der Waals surface area contributed by atoms with E-state index in [-0.39, 0.29) is 12.4 Å². The van der Waals surface area contributed by atoms with E-state index in [1.807, 2.05) is 38.1 Å². The van der Waals surface area contributed by atoms with E-state index in [9.17, 15) is 9.50 Å². The average Bonchev–Trinajstić information content (AvgIpc) is 2.39. The highest BCUT2D eigenvalue weighted by Gasteiger charge is 2.25. The van der Waals surface area contributed by atoms with Gasteiger partial charge in [0, 0.05) is 5.69 Å². The zero-order chi connectivity index (χ0) is 13.9. The summed E-state index contributed by atoms with van der Waals surface area (Å²) in [7, 11) is 0. The average molecular weight is 259 g/mol. The summed E-state index contributed by atoms with van der Waals surface area (Å²) in [6.45, 7) is 3.83. The Labute approximate surface area is 112 Å². The van der Waals surface area contributed by atoms with Gasteiger partial charge < -0.3 is 10.4 Å². The van der Waals surface area contributed by atoms with Crippen molar-refractivity contribution in [3.8, 4) is 0 Å². The van der Waals surface area contributed by atoms with Crippen LogP contribution in [-0.2, 0) is 5.54 Å². The van der Waals surface area contributed by atoms with Crippen molar-refractivity contribution in [2.45, 2.75) is 19.4 Å². The third-order valence-electron chi connectivity index (χ3n) is 3.24. The van der Waals surface area contributed by atoms with Crippen LogP contribution in [0.5, 0.6) is 0 Å². The molecular formula is C16H18FNO. The van der Waals surface area contributed by atoms with Gasteiger partial charge in [-0.05, 0) is 49.2 Å². The molecule has 2 N–H and O–H groups in total. The zero-order valence-electron chi connectivity index (χ0n) is 11.2. The maximum absolute atomic E-state index is 13.0. The Morgan fingerprint density at radius 1 is 1.16 bits per heavy atom. The van der Waals surface area contributed by atoms with Crippen LogP contribution in [0, 0.1) is 12.7 Å². The highest BCUT2D eigenvalue weighted by molar-refractivity contribution is 5.49. The molecule has 0 aromatic heterocycles. The fourth-order valence-corrected chi connectivity index (χ4v) is 2.06. The van der Waals surface area contributed by atoms with E-state index >= 15 is 0 Å². The molecule has 100 valence electrons. The van der Waals surface area contributed by atoms with Gasteiger partial charge in [0.15, 0.2) is 0 Å². The summed E-state index contributed by atoms with van der Waals surface area (Å²) in [5, 5.41) is 13.0. The number of benzene rings is 2. The first kappa shape index (κ1) is 13.6. The van der Waals surface area contributed by atoms with E-state index in [0.29, 0.717) is 0 Å². The maximum Gasteiger partial charge on any atom is 0.123 e. The van der Waals surface area contributed by atoms with Crippen LogP contribution in [0.15, 0.2) is 48.5 Å². The Balaban J connectivity index is 2.29. The quantitative estimate of drug-likeness (QED) is 0.881. The van der Waals surface area contributed by atoms with Gasteiger partial charge >= 0.3 is 0 Å². The molecular weight excluding hydrogens is 241 g/mol. The minimum Gasteiger partial charge on any atom is -0.394 e. The first-order valence-corrected chi connectivity index (χ1v) is 6.25. The van der Waals surface area contributed by atoms with Crippen LogP contribution in [0.25, 0.3) is 0 Å². The number of anilines is 1. The fourth-order valence-electron chi connectivity index (χ4n) is 2.06. The van der Waals surface area contributed by atoms with Gasteiger partial charge in [-0.3, -0.25) is 0 Å². The number of hydrogen-bond donors (Lipinski definition) is 2. The van der Waals surface area contributed by atoms with E-state index in [1.165, 1.54) is 12.1 Å². The lowest BCUT2D eigenvalue weighted by molar-refractivity contribution is 0.224. The summed E-state index contributed by atoms with van der Waals surface area (Å²) < 4.78 is 13.0. The summed E-state index contributed by atoms with van der Waals surface area (Å²) in [5.41, 5.74) is 2.28. The standard InChI is InChI=1S/C16H18FNO/c1-12-4-3-5-15(10-12)18-16(2,11-19)13-6-8-14(17)9-7-13/h3-10,18-19H,11H2,1-2H3. The number of rotatable bonds is 4. The molecule has 0 aliphatic carbocycles. The molecule has 0 saturated heterocycles. The lowest BCUT2D eigenvalue weighted by atomic mass is 9.92. The molecule has 0 amide bonds. The van der Waals surface area contributed by atoms with Crippen LogP contribution >= 0.6 is 0 Å². The lowest BCUT2D eigenvalue weighted by Gasteiger charge is -2.30. The smallest absolute Gasteiger partial charge is 0.123 e. The van der Waals surface area contributed by atoms with Gasteiger partial charge in [0.1, 0.15) is 5.82 Å². The summed E-state index contributed by atoms with van der Waals surface area (Å²) in [6.07, 6.45) is 0. The van der Waals surface area contributed by atoms with E-state index in [0.717, 1.165) is 16.8 Å². The van der Waals surface area contributed by atoms with Crippen LogP contribution in [-0.4, -0.2) is 11.7 Å². The van der Waals surface area contributed by atoms with Gasteiger partial charge in [-0.2, -0.15) is 0 Å². The van der Waals surface area contributed by atoms with Crippen molar-refractivity contribution >= 4 is 5.69 Å². The van der Waals surface area contributed by atoms with Crippen molar-refractivity contribution in [1.29, 1.82) is 0 Å². The molecule has 0 saturated carbocycles. The first-order chi connectivity index (χ1) is 9.03. The van der Waals surface area contributed by atoms with Gasteiger partial charge in [-0.25, -0.2) is 4.39 Å². The molecule has 0 fully saturated rings. The predicted octanol–water partition coefficient (Wildman–Crippen LogP) is 3.45. The number of aliphatic hydroxyl groups is 1. The van der Waals surface area contributed by atoms with Crippen molar-refractivity contribution < 1.29 is 9.50 Å². The Bertz CT molecular complexity index is 553. The van der Waals surface area contributed by atoms with E-state index in [4.69, 9.17) is 0 Å². The molecule has 0 radical (unpaired) electrons. The van der Waals surface area contributed by atoms with E-state index < -0.39 is 5.54 Å². The minimum absolute atomic E-state index is 0.0768. The maximum atomic E-state index is 13.0. The molecule has 19 heavy (non-hydrogen) atoms. The SMILES string of the molecule is Cc1cccc(NC(C)(CO)c2ccc(F)cc2)c1. The molecule has 0 aliphatic heterocycles. The third-order valence-corrected chi connectivity index (χ3v) is 3.24. The number of hydrogen-bond acceptors (Lipinski definition) is 2. The monoisotopic (exact) mass is 259 g/mol. The molecule has 2 nitrogen and oxygen atoms in total. The van der Waals surface area contributed by atoms with Crippen LogP contribution in [0.4, 0.5) is 10.1 Å². The second-order valence-electron chi connectivity index (χ2n) is 4.99. The Hall–Kier alpha value is -1.87. The van der Waals surface area contributed by atoms with Crippen molar-refractivity contribution in [2.75, 3.05) is 11.9 Å². The van der Waals surface area contributed by atoms with Gasteiger partial charge in [0.25, 0.3) is 0 Å². The third kappa shape index (κ3) is 3.12. The second-order valence-corrected chi connectivity index (χ2v) is 4.99. The first-order valence-electron chi connectivity index (χ1n) is 6.25. The zero-order valence-corrected chi connectivity index (χ0v) is 11.2. The molecule has 0 heterocycles. The number of aliphatic hydroxyl groups excluding tert-OH is 1. The molecule has 2 rings (SSSR count). The second kappa shape index (κ2) is 5.41. The largest absolute Gasteiger partial charge is 0.394 e. The predicted molar refractivity (Wildman–Crippen MR) is 75.6 cm³/mol. The Kier molecular flexibility index (Phi) is 3.86. The van der Waals surface area contributed by atoms with E-state index in [1.54, 1.807) is 12.1 Å². The molecule has 2 aromatic rings. The van der Waals surface area contributed by atoms with E-state index in [2.05, 4.69) is 5.32 Å². The highest BCUT2D eigenvalue weighted by atomic mass is 19.1. The van der Waals surface area contributed by atoms with Crippen molar-refractivity contribution in [3.05, 3.63) is 65.5 Å². The van der Waals surface area contributed by atoms with Crippen LogP contribution in [0.2, 0.25) is 0 Å². The Morgan fingerprint density at radius 3 is 2.42 bits per heavy atom. The Morgan fingerprint density at radius 2 is 1.84 bits per heavy atom. The topological polar surface area (TPSA) is 32.3 Å². The van der Waals surface area contributed by atoms with Gasteiger partial charge in [-0.15, -0.1) is 0 Å². The molecule has 0 aliphatic rings. The fraction of sp³-hybridized carbons (Fsp3) is 0.250. The van der Waals surface area contributed by atoms with Gasteiger partial charge in [0.05, 0.1) is 12.1 Å². The summed E-state index contributed by atoms with van der Waals surface area (Å²) in [6, 6.07) is 14.1. The molecule has 1 atom stereocenters. The van der Waals surface area contributed by atoms with Crippen LogP contribution in [0.3, 0.4) is 0 Å². The molecule has 0 bridgehead atoms. The van der Waals surface area contributed by atoms with Crippen molar-refractivity contribution in [1.82, 2.24) is 0 Å². The number of nitrogens with one attached hydrogen (secondary N) is 1.